The van der Waals surface area contributed by atoms with Crippen molar-refractivity contribution in [3.05, 3.63) is 58.4 Å². The number of halogens is 1. The maximum absolute atomic E-state index is 13.7. The number of anilines is 1. The van der Waals surface area contributed by atoms with Gasteiger partial charge in [-0.3, -0.25) is 15.2 Å². The van der Waals surface area contributed by atoms with E-state index in [2.05, 4.69) is 20.5 Å². The number of H-pyrrole nitrogens is 1. The topological polar surface area (TPSA) is 110 Å². The van der Waals surface area contributed by atoms with Crippen molar-refractivity contribution in [1.82, 2.24) is 15.2 Å². The molecule has 3 rings (SSSR count). The standard InChI is InChI=1S/C13H10FN5O3/c14-9-6-8(19(20)21)3-4-10(9)15-7-12-16-13(18-17-12)11-2-1-5-22-11/h1-6,15H,7H2,(H,16,17,18). The SMILES string of the molecule is O=[N+]([O-])c1ccc(NCc2nc(-c3ccco3)n[nH]2)c(F)c1. The molecular formula is C13H10FN5O3. The molecule has 8 nitrogen and oxygen atoms in total. The van der Waals surface area contributed by atoms with Crippen molar-refractivity contribution in [2.24, 2.45) is 0 Å². The van der Waals surface area contributed by atoms with Crippen LogP contribution in [0, 0.1) is 15.9 Å². The van der Waals surface area contributed by atoms with E-state index in [1.54, 1.807) is 12.1 Å². The third kappa shape index (κ3) is 2.77. The minimum Gasteiger partial charge on any atom is -0.461 e. The molecule has 22 heavy (non-hydrogen) atoms. The first kappa shape index (κ1) is 13.7. The van der Waals surface area contributed by atoms with E-state index in [1.165, 1.54) is 18.4 Å². The average Bonchev–Trinajstić information content (AvgIpc) is 3.16. The molecule has 2 aromatic heterocycles. The number of hydrogen-bond acceptors (Lipinski definition) is 6. The number of benzene rings is 1. The maximum Gasteiger partial charge on any atom is 0.272 e. The number of nitrogens with one attached hydrogen (secondary N) is 2. The van der Waals surface area contributed by atoms with Crippen LogP contribution in [0.5, 0.6) is 0 Å². The highest BCUT2D eigenvalue weighted by molar-refractivity contribution is 5.50. The molecule has 9 heteroatoms. The number of aromatic amines is 1. The monoisotopic (exact) mass is 303 g/mol. The van der Waals surface area contributed by atoms with Gasteiger partial charge in [-0.25, -0.2) is 9.37 Å². The fraction of sp³-hybridized carbons (Fsp3) is 0.0769. The van der Waals surface area contributed by atoms with E-state index in [4.69, 9.17) is 4.42 Å². The Bertz CT molecular complexity index is 800. The Hall–Kier alpha value is -3.23. The lowest BCUT2D eigenvalue weighted by molar-refractivity contribution is -0.385. The molecule has 2 N–H and O–H groups in total. The molecule has 0 saturated heterocycles. The third-order valence-corrected chi connectivity index (χ3v) is 2.88. The summed E-state index contributed by atoms with van der Waals surface area (Å²) in [7, 11) is 0. The summed E-state index contributed by atoms with van der Waals surface area (Å²) >= 11 is 0. The molecule has 0 bridgehead atoms. The van der Waals surface area contributed by atoms with Gasteiger partial charge in [0.05, 0.1) is 29.5 Å². The van der Waals surface area contributed by atoms with Crippen LogP contribution in [0.3, 0.4) is 0 Å². The molecule has 1 aromatic carbocycles. The highest BCUT2D eigenvalue weighted by Gasteiger charge is 2.12. The van der Waals surface area contributed by atoms with Crippen molar-refractivity contribution in [3.63, 3.8) is 0 Å². The van der Waals surface area contributed by atoms with Gasteiger partial charge in [0.1, 0.15) is 5.82 Å². The van der Waals surface area contributed by atoms with Gasteiger partial charge in [0.15, 0.2) is 11.6 Å². The summed E-state index contributed by atoms with van der Waals surface area (Å²) in [5, 5.41) is 20.0. The molecule has 0 amide bonds. The van der Waals surface area contributed by atoms with Gasteiger partial charge in [-0.15, -0.1) is 5.10 Å². The summed E-state index contributed by atoms with van der Waals surface area (Å²) in [5.74, 6) is 0.680. The van der Waals surface area contributed by atoms with Crippen molar-refractivity contribution in [2.75, 3.05) is 5.32 Å². The van der Waals surface area contributed by atoms with Crippen LogP contribution in [0.25, 0.3) is 11.6 Å². The number of nitro benzene ring substituents is 1. The first-order valence-corrected chi connectivity index (χ1v) is 6.26. The number of nitrogens with zero attached hydrogens (tertiary/aromatic N) is 3. The Morgan fingerprint density at radius 2 is 2.27 bits per heavy atom. The molecule has 0 fully saturated rings. The van der Waals surface area contributed by atoms with Gasteiger partial charge < -0.3 is 9.73 Å². The van der Waals surface area contributed by atoms with Gasteiger partial charge in [-0.1, -0.05) is 0 Å². The molecule has 3 aromatic rings. The lowest BCUT2D eigenvalue weighted by atomic mass is 10.2. The Labute approximate surface area is 123 Å². The summed E-state index contributed by atoms with van der Waals surface area (Å²) in [6.07, 6.45) is 1.51. The van der Waals surface area contributed by atoms with Crippen LogP contribution in [0.2, 0.25) is 0 Å². The van der Waals surface area contributed by atoms with Crippen LogP contribution in [-0.4, -0.2) is 20.1 Å². The zero-order valence-electron chi connectivity index (χ0n) is 11.1. The van der Waals surface area contributed by atoms with Gasteiger partial charge in [0.25, 0.3) is 5.69 Å². The van der Waals surface area contributed by atoms with Crippen molar-refractivity contribution in [2.45, 2.75) is 6.54 Å². The van der Waals surface area contributed by atoms with E-state index in [0.717, 1.165) is 6.07 Å². The highest BCUT2D eigenvalue weighted by Crippen LogP contribution is 2.21. The number of rotatable bonds is 5. The first-order chi connectivity index (χ1) is 10.6. The van der Waals surface area contributed by atoms with Gasteiger partial charge in [-0.05, 0) is 18.2 Å². The van der Waals surface area contributed by atoms with Crippen molar-refractivity contribution in [1.29, 1.82) is 0 Å². The van der Waals surface area contributed by atoms with Crippen LogP contribution in [0.15, 0.2) is 41.0 Å². The maximum atomic E-state index is 13.7. The zero-order chi connectivity index (χ0) is 15.5. The van der Waals surface area contributed by atoms with E-state index < -0.39 is 10.7 Å². The van der Waals surface area contributed by atoms with E-state index in [9.17, 15) is 14.5 Å². The van der Waals surface area contributed by atoms with E-state index >= 15 is 0 Å². The predicted octanol–water partition coefficient (Wildman–Crippen LogP) is 2.72. The lowest BCUT2D eigenvalue weighted by Gasteiger charge is -2.05. The quantitative estimate of drug-likeness (QED) is 0.554. The highest BCUT2D eigenvalue weighted by atomic mass is 19.1. The van der Waals surface area contributed by atoms with Crippen LogP contribution >= 0.6 is 0 Å². The van der Waals surface area contributed by atoms with Gasteiger partial charge in [-0.2, -0.15) is 0 Å². The summed E-state index contributed by atoms with van der Waals surface area (Å²) in [6, 6.07) is 6.82. The summed E-state index contributed by atoms with van der Waals surface area (Å²) in [4.78, 5) is 14.1. The molecule has 112 valence electrons. The summed E-state index contributed by atoms with van der Waals surface area (Å²) in [5.41, 5.74) is -0.163. The van der Waals surface area contributed by atoms with Crippen molar-refractivity contribution in [3.8, 4) is 11.6 Å². The lowest BCUT2D eigenvalue weighted by Crippen LogP contribution is -2.03. The second-order valence-electron chi connectivity index (χ2n) is 4.36. The molecule has 2 heterocycles. The summed E-state index contributed by atoms with van der Waals surface area (Å²) < 4.78 is 18.9. The summed E-state index contributed by atoms with van der Waals surface area (Å²) in [6.45, 7) is 0.183. The number of nitro groups is 1. The number of non-ortho nitro benzene ring substituents is 1. The average molecular weight is 303 g/mol. The molecule has 0 atom stereocenters. The third-order valence-electron chi connectivity index (χ3n) is 2.88. The number of furan rings is 1. The van der Waals surface area contributed by atoms with Crippen LogP contribution in [0.1, 0.15) is 5.82 Å². The van der Waals surface area contributed by atoms with Gasteiger partial charge in [0.2, 0.25) is 5.82 Å². The molecule has 0 unspecified atom stereocenters. The Morgan fingerprint density at radius 1 is 1.41 bits per heavy atom. The normalized spacial score (nSPS) is 10.6. The second kappa shape index (κ2) is 5.64. The first-order valence-electron chi connectivity index (χ1n) is 6.26. The second-order valence-corrected chi connectivity index (χ2v) is 4.36. The Kier molecular flexibility index (Phi) is 3.52. The van der Waals surface area contributed by atoms with Crippen molar-refractivity contribution < 1.29 is 13.7 Å². The van der Waals surface area contributed by atoms with Crippen molar-refractivity contribution >= 4 is 11.4 Å². The van der Waals surface area contributed by atoms with Gasteiger partial charge >= 0.3 is 0 Å². The number of aromatic nitrogens is 3. The number of hydrogen-bond donors (Lipinski definition) is 2. The minimum atomic E-state index is -0.708. The van der Waals surface area contributed by atoms with Gasteiger partial charge in [0, 0.05) is 6.07 Å². The smallest absolute Gasteiger partial charge is 0.272 e. The van der Waals surface area contributed by atoms with E-state index in [0.29, 0.717) is 17.4 Å². The van der Waals surface area contributed by atoms with E-state index in [1.807, 2.05) is 0 Å². The largest absolute Gasteiger partial charge is 0.461 e. The fourth-order valence-electron chi connectivity index (χ4n) is 1.83. The van der Waals surface area contributed by atoms with Crippen LogP contribution in [0.4, 0.5) is 15.8 Å². The molecule has 0 saturated carbocycles. The molecule has 0 aliphatic carbocycles. The molecule has 0 spiro atoms. The molecule has 0 aliphatic heterocycles. The van der Waals surface area contributed by atoms with Crippen LogP contribution < -0.4 is 5.32 Å². The molecular weight excluding hydrogens is 293 g/mol. The fourth-order valence-corrected chi connectivity index (χ4v) is 1.83. The molecule has 0 radical (unpaired) electrons. The molecule has 0 aliphatic rings. The van der Waals surface area contributed by atoms with Crippen LogP contribution in [-0.2, 0) is 6.54 Å². The minimum absolute atomic E-state index is 0.140. The zero-order valence-corrected chi connectivity index (χ0v) is 11.1. The Balaban J connectivity index is 1.69. The predicted molar refractivity (Wildman–Crippen MR) is 74.5 cm³/mol. The van der Waals surface area contributed by atoms with E-state index in [-0.39, 0.29) is 17.9 Å². The Morgan fingerprint density at radius 3 is 2.95 bits per heavy atom.